The van der Waals surface area contributed by atoms with Gasteiger partial charge in [0.1, 0.15) is 0 Å². The number of hydrogen-bond donors (Lipinski definition) is 5. The van der Waals surface area contributed by atoms with Gasteiger partial charge in [-0.2, -0.15) is 0 Å². The molecule has 1 atom stereocenters. The summed E-state index contributed by atoms with van der Waals surface area (Å²) < 4.78 is 0. The van der Waals surface area contributed by atoms with Crippen LogP contribution in [-0.2, 0) is 27.3 Å². The van der Waals surface area contributed by atoms with E-state index in [9.17, 15) is 24.3 Å². The number of rotatable bonds is 11. The van der Waals surface area contributed by atoms with Crippen LogP contribution >= 0.6 is 11.3 Å². The number of carbonyl (C=O) groups is 4. The van der Waals surface area contributed by atoms with Crippen molar-refractivity contribution in [1.82, 2.24) is 20.9 Å². The molecule has 0 aliphatic heterocycles. The number of carbonyl (C=O) groups excluding carboxylic acids is 3. The average molecular weight is 510 g/mol. The van der Waals surface area contributed by atoms with E-state index in [0.717, 1.165) is 11.1 Å². The molecule has 3 aromatic rings. The standard InChI is InChI=1S/C25H27N5O5S/c1-16-7-9-18(10-8-16)20(12-23(33)34)29-22(32)14-26-21(31)11-19-15-36-25(28-19)30-24(35)27-13-17-5-3-2-4-6-17/h2-10,15,20H,11-14H2,1H3,(H,26,31)(H,29,32)(H,33,34)(H2,27,28,30,35). The molecule has 188 valence electrons. The maximum atomic E-state index is 12.3. The zero-order valence-corrected chi connectivity index (χ0v) is 20.4. The lowest BCUT2D eigenvalue weighted by Gasteiger charge is -2.18. The fraction of sp³-hybridized carbons (Fsp3) is 0.240. The van der Waals surface area contributed by atoms with Crippen molar-refractivity contribution >= 4 is 40.3 Å². The van der Waals surface area contributed by atoms with Gasteiger partial charge in [-0.3, -0.25) is 19.7 Å². The van der Waals surface area contributed by atoms with Crippen LogP contribution in [0.4, 0.5) is 9.93 Å². The summed E-state index contributed by atoms with van der Waals surface area (Å²) in [6.45, 7) is 1.97. The lowest BCUT2D eigenvalue weighted by Crippen LogP contribution is -2.39. The second kappa shape index (κ2) is 13.0. The molecular weight excluding hydrogens is 482 g/mol. The van der Waals surface area contributed by atoms with Crippen LogP contribution in [0.1, 0.15) is 34.8 Å². The SMILES string of the molecule is Cc1ccc(C(CC(=O)O)NC(=O)CNC(=O)Cc2csc(NC(=O)NCc3ccccc3)n2)cc1. The summed E-state index contributed by atoms with van der Waals surface area (Å²) in [6.07, 6.45) is -0.357. The fourth-order valence-corrected chi connectivity index (χ4v) is 3.95. The number of nitrogens with one attached hydrogen (secondary N) is 4. The smallest absolute Gasteiger partial charge is 0.321 e. The monoisotopic (exact) mass is 509 g/mol. The second-order valence-corrected chi connectivity index (χ2v) is 8.88. The van der Waals surface area contributed by atoms with Gasteiger partial charge in [-0.1, -0.05) is 60.2 Å². The quantitative estimate of drug-likeness (QED) is 0.268. The molecule has 4 amide bonds. The van der Waals surface area contributed by atoms with Gasteiger partial charge in [0.2, 0.25) is 11.8 Å². The number of nitrogens with zero attached hydrogens (tertiary/aromatic N) is 1. The molecule has 5 N–H and O–H groups in total. The van der Waals surface area contributed by atoms with E-state index in [0.29, 0.717) is 22.9 Å². The normalized spacial score (nSPS) is 11.2. The van der Waals surface area contributed by atoms with E-state index in [1.165, 1.54) is 11.3 Å². The van der Waals surface area contributed by atoms with Gasteiger partial charge in [-0.15, -0.1) is 11.3 Å². The van der Waals surface area contributed by atoms with Crippen molar-refractivity contribution in [2.24, 2.45) is 0 Å². The highest BCUT2D eigenvalue weighted by Gasteiger charge is 2.19. The van der Waals surface area contributed by atoms with Crippen molar-refractivity contribution < 1.29 is 24.3 Å². The largest absolute Gasteiger partial charge is 0.481 e. The van der Waals surface area contributed by atoms with E-state index < -0.39 is 29.9 Å². The Morgan fingerprint density at radius 2 is 1.69 bits per heavy atom. The zero-order valence-electron chi connectivity index (χ0n) is 19.6. The molecule has 0 aliphatic carbocycles. The van der Waals surface area contributed by atoms with Crippen LogP contribution in [0.25, 0.3) is 0 Å². The van der Waals surface area contributed by atoms with Gasteiger partial charge in [-0.05, 0) is 18.1 Å². The molecule has 36 heavy (non-hydrogen) atoms. The summed E-state index contributed by atoms with van der Waals surface area (Å²) in [5.74, 6) is -1.99. The van der Waals surface area contributed by atoms with E-state index in [4.69, 9.17) is 0 Å². The minimum atomic E-state index is -1.05. The Hall–Kier alpha value is -4.25. The summed E-state index contributed by atoms with van der Waals surface area (Å²) in [4.78, 5) is 52.1. The number of thiazole rings is 1. The average Bonchev–Trinajstić information content (AvgIpc) is 3.28. The van der Waals surface area contributed by atoms with Crippen molar-refractivity contribution in [1.29, 1.82) is 0 Å². The van der Waals surface area contributed by atoms with Gasteiger partial charge in [-0.25, -0.2) is 9.78 Å². The third kappa shape index (κ3) is 8.84. The minimum Gasteiger partial charge on any atom is -0.481 e. The van der Waals surface area contributed by atoms with E-state index in [1.807, 2.05) is 49.4 Å². The van der Waals surface area contributed by atoms with E-state index in [-0.39, 0.29) is 19.4 Å². The number of aliphatic carboxylic acids is 1. The highest BCUT2D eigenvalue weighted by atomic mass is 32.1. The van der Waals surface area contributed by atoms with Crippen molar-refractivity contribution in [3.63, 3.8) is 0 Å². The van der Waals surface area contributed by atoms with E-state index in [1.54, 1.807) is 17.5 Å². The first-order valence-corrected chi connectivity index (χ1v) is 12.0. The topological polar surface area (TPSA) is 150 Å². The van der Waals surface area contributed by atoms with Crippen molar-refractivity contribution in [2.45, 2.75) is 32.4 Å². The number of carboxylic acid groups (broad SMARTS) is 1. The van der Waals surface area contributed by atoms with Crippen LogP contribution < -0.4 is 21.3 Å². The number of aryl methyl sites for hydroxylation is 1. The van der Waals surface area contributed by atoms with E-state index in [2.05, 4.69) is 26.3 Å². The highest BCUT2D eigenvalue weighted by Crippen LogP contribution is 2.18. The van der Waals surface area contributed by atoms with Crippen molar-refractivity contribution in [3.05, 3.63) is 82.4 Å². The van der Waals surface area contributed by atoms with E-state index >= 15 is 0 Å². The maximum absolute atomic E-state index is 12.3. The van der Waals surface area contributed by atoms with Gasteiger partial charge in [0.15, 0.2) is 5.13 Å². The van der Waals surface area contributed by atoms with Crippen LogP contribution in [0.3, 0.4) is 0 Å². The number of aromatic nitrogens is 1. The van der Waals surface area contributed by atoms with Gasteiger partial charge >= 0.3 is 12.0 Å². The molecule has 0 bridgehead atoms. The van der Waals surface area contributed by atoms with Gasteiger partial charge in [0, 0.05) is 11.9 Å². The maximum Gasteiger partial charge on any atom is 0.321 e. The molecule has 2 aromatic carbocycles. The Morgan fingerprint density at radius 3 is 2.39 bits per heavy atom. The summed E-state index contributed by atoms with van der Waals surface area (Å²) >= 11 is 1.18. The Bertz CT molecular complexity index is 1200. The molecule has 0 saturated heterocycles. The number of amides is 4. The molecule has 10 nitrogen and oxygen atoms in total. The van der Waals surface area contributed by atoms with Gasteiger partial charge < -0.3 is 21.1 Å². The van der Waals surface area contributed by atoms with Gasteiger partial charge in [0.25, 0.3) is 0 Å². The Kier molecular flexibility index (Phi) is 9.52. The Balaban J connectivity index is 1.43. The summed E-state index contributed by atoms with van der Waals surface area (Å²) in [5, 5.41) is 21.7. The molecule has 1 unspecified atom stereocenters. The lowest BCUT2D eigenvalue weighted by atomic mass is 10.0. The molecule has 0 spiro atoms. The van der Waals surface area contributed by atoms with Crippen LogP contribution in [0.2, 0.25) is 0 Å². The molecule has 11 heteroatoms. The first kappa shape index (κ1) is 26.4. The predicted molar refractivity (Wildman–Crippen MR) is 135 cm³/mol. The zero-order chi connectivity index (χ0) is 25.9. The van der Waals surface area contributed by atoms with Crippen LogP contribution in [0, 0.1) is 6.92 Å². The lowest BCUT2D eigenvalue weighted by molar-refractivity contribution is -0.138. The third-order valence-corrected chi connectivity index (χ3v) is 5.86. The highest BCUT2D eigenvalue weighted by molar-refractivity contribution is 7.13. The molecule has 0 fully saturated rings. The molecule has 0 aliphatic rings. The number of anilines is 1. The molecule has 0 radical (unpaired) electrons. The molecule has 3 rings (SSSR count). The van der Waals surface area contributed by atoms with Gasteiger partial charge in [0.05, 0.1) is 31.1 Å². The number of benzene rings is 2. The molecule has 0 saturated carbocycles. The third-order valence-electron chi connectivity index (χ3n) is 5.05. The fourth-order valence-electron chi connectivity index (χ4n) is 3.24. The molecule has 1 heterocycles. The second-order valence-electron chi connectivity index (χ2n) is 8.02. The predicted octanol–water partition coefficient (Wildman–Crippen LogP) is 2.76. The minimum absolute atomic E-state index is 0.0758. The van der Waals surface area contributed by atoms with Crippen LogP contribution in [0.5, 0.6) is 0 Å². The molecule has 1 aromatic heterocycles. The number of hydrogen-bond acceptors (Lipinski definition) is 6. The summed E-state index contributed by atoms with van der Waals surface area (Å²) in [6, 6.07) is 15.5. The number of urea groups is 1. The first-order chi connectivity index (χ1) is 17.3. The number of carboxylic acids is 1. The first-order valence-electron chi connectivity index (χ1n) is 11.2. The Labute approximate surface area is 212 Å². The van der Waals surface area contributed by atoms with Crippen LogP contribution in [-0.4, -0.2) is 40.5 Å². The van der Waals surface area contributed by atoms with Crippen molar-refractivity contribution in [3.8, 4) is 0 Å². The summed E-state index contributed by atoms with van der Waals surface area (Å²) in [5.41, 5.74) is 3.08. The van der Waals surface area contributed by atoms with Crippen LogP contribution in [0.15, 0.2) is 60.0 Å². The van der Waals surface area contributed by atoms with Crippen molar-refractivity contribution in [2.75, 3.05) is 11.9 Å². The Morgan fingerprint density at radius 1 is 0.972 bits per heavy atom. The summed E-state index contributed by atoms with van der Waals surface area (Å²) in [7, 11) is 0. The molecular formula is C25H27N5O5S.